The molecule has 1 aromatic rings. The number of hydrogen-bond acceptors (Lipinski definition) is 3. The van der Waals surface area contributed by atoms with Crippen LogP contribution in [-0.2, 0) is 0 Å². The van der Waals surface area contributed by atoms with Crippen LogP contribution in [0.1, 0.15) is 23.2 Å². The van der Waals surface area contributed by atoms with Gasteiger partial charge in [-0.25, -0.2) is 0 Å². The van der Waals surface area contributed by atoms with Crippen molar-refractivity contribution in [2.45, 2.75) is 23.8 Å². The van der Waals surface area contributed by atoms with E-state index < -0.39 is 0 Å². The van der Waals surface area contributed by atoms with Crippen molar-refractivity contribution >= 4 is 17.7 Å². The molecule has 0 unspecified atom stereocenters. The van der Waals surface area contributed by atoms with Crippen LogP contribution < -0.4 is 0 Å². The van der Waals surface area contributed by atoms with Crippen molar-refractivity contribution in [2.24, 2.45) is 5.92 Å². The van der Waals surface area contributed by atoms with Crippen molar-refractivity contribution in [3.8, 4) is 6.07 Å². The van der Waals surface area contributed by atoms with Crippen molar-refractivity contribution in [3.05, 3.63) is 29.8 Å². The van der Waals surface area contributed by atoms with Crippen LogP contribution >= 0.6 is 11.8 Å². The van der Waals surface area contributed by atoms with Gasteiger partial charge in [0.1, 0.15) is 0 Å². The Bertz CT molecular complexity index is 523. The third kappa shape index (κ3) is 1.89. The minimum Gasteiger partial charge on any atom is -0.333 e. The molecule has 3 rings (SSSR count). The number of benzene rings is 1. The summed E-state index contributed by atoms with van der Waals surface area (Å²) in [7, 11) is 0. The van der Waals surface area contributed by atoms with E-state index >= 15 is 0 Å². The molecule has 2 aliphatic heterocycles. The molecule has 0 radical (unpaired) electrons. The molecule has 18 heavy (non-hydrogen) atoms. The first-order valence-corrected chi connectivity index (χ1v) is 7.20. The smallest absolute Gasteiger partial charge is 0.255 e. The Hall–Kier alpha value is -1.47. The summed E-state index contributed by atoms with van der Waals surface area (Å²) in [4.78, 5) is 15.5. The molecule has 0 N–H and O–H groups in total. The topological polar surface area (TPSA) is 44.1 Å². The molecular formula is C14H14N2OS. The largest absolute Gasteiger partial charge is 0.333 e. The van der Waals surface area contributed by atoms with E-state index in [2.05, 4.69) is 6.07 Å². The van der Waals surface area contributed by atoms with Crippen molar-refractivity contribution in [1.82, 2.24) is 4.90 Å². The van der Waals surface area contributed by atoms with Crippen LogP contribution in [-0.4, -0.2) is 29.1 Å². The predicted molar refractivity (Wildman–Crippen MR) is 70.3 cm³/mol. The van der Waals surface area contributed by atoms with Gasteiger partial charge in [-0.15, -0.1) is 11.8 Å². The summed E-state index contributed by atoms with van der Waals surface area (Å²) < 4.78 is 0. The Morgan fingerprint density at radius 2 is 2.17 bits per heavy atom. The summed E-state index contributed by atoms with van der Waals surface area (Å²) in [5, 5.41) is 9.04. The van der Waals surface area contributed by atoms with Gasteiger partial charge in [0, 0.05) is 23.2 Å². The minimum absolute atomic E-state index is 0.000428. The van der Waals surface area contributed by atoms with Crippen molar-refractivity contribution < 1.29 is 4.79 Å². The zero-order chi connectivity index (χ0) is 12.5. The van der Waals surface area contributed by atoms with Crippen LogP contribution in [0.3, 0.4) is 0 Å². The average Bonchev–Trinajstić information content (AvgIpc) is 2.57. The maximum atomic E-state index is 12.5. The monoisotopic (exact) mass is 258 g/mol. The SMILES string of the molecule is N#C[C@H]1CC[C@H]2CSc3ccccc3C(=O)N2C1. The van der Waals surface area contributed by atoms with Crippen LogP contribution in [0, 0.1) is 17.2 Å². The summed E-state index contributed by atoms with van der Waals surface area (Å²) in [6.07, 6.45) is 1.87. The van der Waals surface area contributed by atoms with E-state index in [1.54, 1.807) is 11.8 Å². The molecule has 3 nitrogen and oxygen atoms in total. The second-order valence-corrected chi connectivity index (χ2v) is 5.88. The summed E-state index contributed by atoms with van der Waals surface area (Å²) in [6.45, 7) is 0.592. The number of carbonyl (C=O) groups excluding carboxylic acids is 1. The zero-order valence-electron chi connectivity index (χ0n) is 10.0. The van der Waals surface area contributed by atoms with Gasteiger partial charge in [0.05, 0.1) is 17.6 Å². The van der Waals surface area contributed by atoms with Crippen LogP contribution in [0.4, 0.5) is 0 Å². The summed E-state index contributed by atoms with van der Waals surface area (Å²) in [5.74, 6) is 1.04. The number of nitrogens with zero attached hydrogens (tertiary/aromatic N) is 2. The van der Waals surface area contributed by atoms with E-state index in [1.165, 1.54) is 0 Å². The third-order valence-corrected chi connectivity index (χ3v) is 4.92. The Labute approximate surface area is 111 Å². The molecule has 0 aromatic heterocycles. The molecule has 1 fully saturated rings. The molecule has 0 bridgehead atoms. The molecule has 1 saturated heterocycles. The molecular weight excluding hydrogens is 244 g/mol. The highest BCUT2D eigenvalue weighted by atomic mass is 32.2. The molecule has 4 heteroatoms. The van der Waals surface area contributed by atoms with Gasteiger partial charge in [-0.2, -0.15) is 5.26 Å². The molecule has 2 atom stereocenters. The third-order valence-electron chi connectivity index (χ3n) is 3.70. The van der Waals surface area contributed by atoms with Gasteiger partial charge in [0.2, 0.25) is 0 Å². The van der Waals surface area contributed by atoms with Gasteiger partial charge < -0.3 is 4.90 Å². The highest BCUT2D eigenvalue weighted by Crippen LogP contribution is 2.34. The Balaban J connectivity index is 1.95. The second-order valence-electron chi connectivity index (χ2n) is 4.82. The lowest BCUT2D eigenvalue weighted by Gasteiger charge is -2.36. The van der Waals surface area contributed by atoms with E-state index in [0.29, 0.717) is 12.6 Å². The van der Waals surface area contributed by atoms with E-state index in [1.807, 2.05) is 29.2 Å². The van der Waals surface area contributed by atoms with Crippen LogP contribution in [0.15, 0.2) is 29.2 Å². The first-order valence-electron chi connectivity index (χ1n) is 6.22. The van der Waals surface area contributed by atoms with Gasteiger partial charge in [-0.3, -0.25) is 4.79 Å². The zero-order valence-corrected chi connectivity index (χ0v) is 10.8. The van der Waals surface area contributed by atoms with Crippen molar-refractivity contribution in [3.63, 3.8) is 0 Å². The number of piperidine rings is 1. The molecule has 1 amide bonds. The number of fused-ring (bicyclic) bond motifs is 2. The van der Waals surface area contributed by atoms with E-state index in [9.17, 15) is 4.79 Å². The molecule has 0 saturated carbocycles. The van der Waals surface area contributed by atoms with Crippen LogP contribution in [0.5, 0.6) is 0 Å². The maximum Gasteiger partial charge on any atom is 0.255 e. The first-order chi connectivity index (χ1) is 8.79. The summed E-state index contributed by atoms with van der Waals surface area (Å²) >= 11 is 1.76. The van der Waals surface area contributed by atoms with Gasteiger partial charge in [0.25, 0.3) is 5.91 Å². The Kier molecular flexibility index (Phi) is 3.00. The fourth-order valence-electron chi connectivity index (χ4n) is 2.66. The highest BCUT2D eigenvalue weighted by molar-refractivity contribution is 7.99. The molecule has 2 aliphatic rings. The number of nitriles is 1. The Morgan fingerprint density at radius 1 is 1.33 bits per heavy atom. The lowest BCUT2D eigenvalue weighted by Crippen LogP contribution is -2.47. The highest BCUT2D eigenvalue weighted by Gasteiger charge is 2.35. The van der Waals surface area contributed by atoms with Gasteiger partial charge in [-0.05, 0) is 25.0 Å². The summed E-state index contributed by atoms with van der Waals surface area (Å²) in [6, 6.07) is 10.4. The maximum absolute atomic E-state index is 12.5. The number of rotatable bonds is 0. The summed E-state index contributed by atoms with van der Waals surface area (Å²) in [5.41, 5.74) is 0.795. The van der Waals surface area contributed by atoms with Gasteiger partial charge in [0.15, 0.2) is 0 Å². The quantitative estimate of drug-likeness (QED) is 0.718. The number of carbonyl (C=O) groups is 1. The predicted octanol–water partition coefficient (Wildman–Crippen LogP) is 2.54. The van der Waals surface area contributed by atoms with Crippen LogP contribution in [0.25, 0.3) is 0 Å². The lowest BCUT2D eigenvalue weighted by molar-refractivity contribution is 0.0604. The van der Waals surface area contributed by atoms with E-state index in [4.69, 9.17) is 5.26 Å². The lowest BCUT2D eigenvalue weighted by atomic mass is 9.94. The van der Waals surface area contributed by atoms with Crippen LogP contribution in [0.2, 0.25) is 0 Å². The molecule has 1 aromatic carbocycles. The number of thioether (sulfide) groups is 1. The average molecular weight is 258 g/mol. The molecule has 2 heterocycles. The second kappa shape index (κ2) is 4.66. The molecule has 0 spiro atoms. The van der Waals surface area contributed by atoms with Gasteiger partial charge in [-0.1, -0.05) is 12.1 Å². The van der Waals surface area contributed by atoms with Gasteiger partial charge >= 0.3 is 0 Å². The number of hydrogen-bond donors (Lipinski definition) is 0. The van der Waals surface area contributed by atoms with Crippen molar-refractivity contribution in [1.29, 1.82) is 5.26 Å². The molecule has 92 valence electrons. The minimum atomic E-state index is 0.000428. The number of amides is 1. The fourth-order valence-corrected chi connectivity index (χ4v) is 3.87. The van der Waals surface area contributed by atoms with Crippen molar-refractivity contribution in [2.75, 3.05) is 12.3 Å². The van der Waals surface area contributed by atoms with E-state index in [0.717, 1.165) is 29.1 Å². The Morgan fingerprint density at radius 3 is 3.00 bits per heavy atom. The van der Waals surface area contributed by atoms with E-state index in [-0.39, 0.29) is 11.8 Å². The normalized spacial score (nSPS) is 26.8. The fraction of sp³-hybridized carbons (Fsp3) is 0.429. The molecule has 0 aliphatic carbocycles. The standard InChI is InChI=1S/C14H14N2OS/c15-7-10-5-6-11-9-18-13-4-2-1-3-12(13)14(17)16(11)8-10/h1-4,10-11H,5-6,8-9H2/t10-,11+/m1/s1. The first kappa shape index (κ1) is 11.6.